The Bertz CT molecular complexity index is 335. The van der Waals surface area contributed by atoms with Gasteiger partial charge in [0.05, 0.1) is 0 Å². The zero-order chi connectivity index (χ0) is 15.5. The molecular formula is C14H22F4O. The Kier molecular flexibility index (Phi) is 11.2. The summed E-state index contributed by atoms with van der Waals surface area (Å²) in [6.07, 6.45) is -3.20. The summed E-state index contributed by atoms with van der Waals surface area (Å²) >= 11 is 0. The van der Waals surface area contributed by atoms with Crippen molar-refractivity contribution in [3.8, 4) is 5.75 Å². The Morgan fingerprint density at radius 2 is 1.58 bits per heavy atom. The maximum absolute atomic E-state index is 12.9. The third-order valence-corrected chi connectivity index (χ3v) is 1.48. The van der Waals surface area contributed by atoms with Gasteiger partial charge in [-0.1, -0.05) is 40.2 Å². The molecule has 0 fully saturated rings. The molecule has 1 aromatic carbocycles. The van der Waals surface area contributed by atoms with Crippen molar-refractivity contribution in [2.45, 2.75) is 47.2 Å². The van der Waals surface area contributed by atoms with Crippen LogP contribution in [-0.4, -0.2) is 12.8 Å². The normalized spacial score (nSPS) is 9.74. The average Bonchev–Trinajstić information content (AvgIpc) is 2.30. The first-order valence-corrected chi connectivity index (χ1v) is 6.25. The lowest BCUT2D eigenvalue weighted by molar-refractivity contribution is -0.153. The lowest BCUT2D eigenvalue weighted by Gasteiger charge is -2.09. The van der Waals surface area contributed by atoms with Crippen molar-refractivity contribution in [3.63, 3.8) is 0 Å². The molecule has 0 saturated carbocycles. The van der Waals surface area contributed by atoms with Crippen molar-refractivity contribution >= 4 is 0 Å². The van der Waals surface area contributed by atoms with Crippen LogP contribution in [0.25, 0.3) is 0 Å². The number of hydrogen-bond donors (Lipinski definition) is 0. The number of benzene rings is 1. The molecular weight excluding hydrogens is 260 g/mol. The van der Waals surface area contributed by atoms with Crippen LogP contribution in [0.5, 0.6) is 5.75 Å². The van der Waals surface area contributed by atoms with Gasteiger partial charge in [0.1, 0.15) is 0 Å². The van der Waals surface area contributed by atoms with E-state index in [1.54, 1.807) is 6.92 Å². The van der Waals surface area contributed by atoms with E-state index in [1.807, 2.05) is 13.8 Å². The lowest BCUT2D eigenvalue weighted by Crippen LogP contribution is -2.19. The van der Waals surface area contributed by atoms with Gasteiger partial charge in [0.15, 0.2) is 18.2 Å². The molecule has 0 unspecified atom stereocenters. The van der Waals surface area contributed by atoms with Crippen LogP contribution in [0, 0.1) is 12.7 Å². The molecule has 19 heavy (non-hydrogen) atoms. The van der Waals surface area contributed by atoms with Crippen molar-refractivity contribution in [2.75, 3.05) is 6.61 Å². The standard InChI is InChI=1S/C9H8F4O.C3H8.C2H6/c1-6-2-3-8(7(10)4-6)14-5-9(11,12)13;1-3-2;1-2/h2-4H,5H2,1H3;3H2,1-2H3;1-2H3. The van der Waals surface area contributed by atoms with Gasteiger partial charge in [-0.15, -0.1) is 0 Å². The molecule has 1 rings (SSSR count). The van der Waals surface area contributed by atoms with Crippen LogP contribution in [0.3, 0.4) is 0 Å². The van der Waals surface area contributed by atoms with Crippen LogP contribution in [0.4, 0.5) is 17.6 Å². The van der Waals surface area contributed by atoms with Crippen molar-refractivity contribution < 1.29 is 22.3 Å². The van der Waals surface area contributed by atoms with Crippen LogP contribution >= 0.6 is 0 Å². The topological polar surface area (TPSA) is 9.23 Å². The van der Waals surface area contributed by atoms with E-state index >= 15 is 0 Å². The highest BCUT2D eigenvalue weighted by molar-refractivity contribution is 5.28. The first-order chi connectivity index (χ1) is 8.80. The molecule has 0 aliphatic heterocycles. The summed E-state index contributed by atoms with van der Waals surface area (Å²) in [5.41, 5.74) is 0.627. The summed E-state index contributed by atoms with van der Waals surface area (Å²) < 4.78 is 52.3. The average molecular weight is 282 g/mol. The maximum atomic E-state index is 12.9. The monoisotopic (exact) mass is 282 g/mol. The van der Waals surface area contributed by atoms with Crippen LogP contribution < -0.4 is 4.74 Å². The van der Waals surface area contributed by atoms with Gasteiger partial charge in [-0.3, -0.25) is 0 Å². The number of hydrogen-bond acceptors (Lipinski definition) is 1. The minimum Gasteiger partial charge on any atom is -0.481 e. The molecule has 0 heterocycles. The molecule has 1 aromatic rings. The van der Waals surface area contributed by atoms with Gasteiger partial charge in [0, 0.05) is 0 Å². The fourth-order valence-corrected chi connectivity index (χ4v) is 0.883. The highest BCUT2D eigenvalue weighted by atomic mass is 19.4. The number of alkyl halides is 3. The zero-order valence-electron chi connectivity index (χ0n) is 12.1. The maximum Gasteiger partial charge on any atom is 0.422 e. The van der Waals surface area contributed by atoms with Crippen LogP contribution in [0.2, 0.25) is 0 Å². The van der Waals surface area contributed by atoms with Crippen molar-refractivity contribution in [2.24, 2.45) is 0 Å². The van der Waals surface area contributed by atoms with E-state index in [2.05, 4.69) is 18.6 Å². The van der Waals surface area contributed by atoms with Gasteiger partial charge in [-0.25, -0.2) is 4.39 Å². The SMILES string of the molecule is CC.CCC.Cc1ccc(OCC(F)(F)F)c(F)c1. The van der Waals surface area contributed by atoms with Crippen molar-refractivity contribution in [1.82, 2.24) is 0 Å². The van der Waals surface area contributed by atoms with Gasteiger partial charge in [-0.05, 0) is 24.6 Å². The summed E-state index contributed by atoms with van der Waals surface area (Å²) in [6, 6.07) is 3.77. The Morgan fingerprint density at radius 1 is 1.11 bits per heavy atom. The largest absolute Gasteiger partial charge is 0.481 e. The van der Waals surface area contributed by atoms with E-state index in [1.165, 1.54) is 18.6 Å². The Hall–Kier alpha value is -1.26. The fraction of sp³-hybridized carbons (Fsp3) is 0.571. The predicted octanol–water partition coefficient (Wildman–Crippen LogP) is 5.52. The van der Waals surface area contributed by atoms with Gasteiger partial charge in [0.2, 0.25) is 0 Å². The third kappa shape index (κ3) is 11.6. The lowest BCUT2D eigenvalue weighted by atomic mass is 10.2. The molecule has 0 aromatic heterocycles. The van der Waals surface area contributed by atoms with Gasteiger partial charge in [0.25, 0.3) is 0 Å². The summed E-state index contributed by atoms with van der Waals surface area (Å²) in [6.45, 7) is 8.41. The third-order valence-electron chi connectivity index (χ3n) is 1.48. The molecule has 0 amide bonds. The van der Waals surface area contributed by atoms with E-state index in [0.717, 1.165) is 6.07 Å². The van der Waals surface area contributed by atoms with E-state index in [9.17, 15) is 17.6 Å². The Labute approximate surface area is 112 Å². The number of ether oxygens (including phenoxy) is 1. The minimum absolute atomic E-state index is 0.382. The Morgan fingerprint density at radius 3 is 1.95 bits per heavy atom. The summed E-state index contributed by atoms with van der Waals surface area (Å²) in [5, 5.41) is 0. The second-order valence-electron chi connectivity index (χ2n) is 3.54. The van der Waals surface area contributed by atoms with E-state index < -0.39 is 18.6 Å². The van der Waals surface area contributed by atoms with Crippen molar-refractivity contribution in [3.05, 3.63) is 29.6 Å². The second kappa shape index (κ2) is 10.6. The molecule has 0 bridgehead atoms. The summed E-state index contributed by atoms with van der Waals surface area (Å²) in [7, 11) is 0. The Balaban J connectivity index is 0. The highest BCUT2D eigenvalue weighted by Gasteiger charge is 2.28. The second-order valence-corrected chi connectivity index (χ2v) is 3.54. The minimum atomic E-state index is -4.45. The van der Waals surface area contributed by atoms with Gasteiger partial charge in [-0.2, -0.15) is 13.2 Å². The number of aryl methyl sites for hydroxylation is 1. The quantitative estimate of drug-likeness (QED) is 0.649. The molecule has 112 valence electrons. The molecule has 0 N–H and O–H groups in total. The first-order valence-electron chi connectivity index (χ1n) is 6.25. The smallest absolute Gasteiger partial charge is 0.422 e. The van der Waals surface area contributed by atoms with E-state index in [0.29, 0.717) is 5.56 Å². The predicted molar refractivity (Wildman–Crippen MR) is 70.0 cm³/mol. The molecule has 5 heteroatoms. The van der Waals surface area contributed by atoms with Crippen LogP contribution in [0.15, 0.2) is 18.2 Å². The van der Waals surface area contributed by atoms with Crippen molar-refractivity contribution in [1.29, 1.82) is 0 Å². The molecule has 0 radical (unpaired) electrons. The van der Waals surface area contributed by atoms with Gasteiger partial charge < -0.3 is 4.74 Å². The summed E-state index contributed by atoms with van der Waals surface area (Å²) in [5.74, 6) is -1.16. The zero-order valence-corrected chi connectivity index (χ0v) is 12.1. The molecule has 0 aliphatic carbocycles. The van der Waals surface area contributed by atoms with Gasteiger partial charge >= 0.3 is 6.18 Å². The van der Waals surface area contributed by atoms with Crippen LogP contribution in [-0.2, 0) is 0 Å². The number of rotatable bonds is 2. The molecule has 0 aliphatic rings. The van der Waals surface area contributed by atoms with Crippen LogP contribution in [0.1, 0.15) is 39.7 Å². The molecule has 0 saturated heterocycles. The first kappa shape index (κ1) is 20.1. The van der Waals surface area contributed by atoms with E-state index in [-0.39, 0.29) is 5.75 Å². The highest BCUT2D eigenvalue weighted by Crippen LogP contribution is 2.21. The fourth-order valence-electron chi connectivity index (χ4n) is 0.883. The van der Waals surface area contributed by atoms with E-state index in [4.69, 9.17) is 0 Å². The number of halogens is 4. The summed E-state index contributed by atoms with van der Waals surface area (Å²) in [4.78, 5) is 0. The molecule has 0 atom stereocenters. The molecule has 1 nitrogen and oxygen atoms in total. The molecule has 0 spiro atoms.